The summed E-state index contributed by atoms with van der Waals surface area (Å²) in [6, 6.07) is 6.45. The minimum Gasteiger partial charge on any atom is -0.205 e. The minimum absolute atomic E-state index is 0.0814. The van der Waals surface area contributed by atoms with Gasteiger partial charge in [0.1, 0.15) is 0 Å². The lowest BCUT2D eigenvalue weighted by Gasteiger charge is -2.24. The van der Waals surface area contributed by atoms with Crippen molar-refractivity contribution < 1.29 is 8.42 Å². The zero-order valence-electron chi connectivity index (χ0n) is 11.8. The summed E-state index contributed by atoms with van der Waals surface area (Å²) in [5.41, 5.74) is 3.71. The van der Waals surface area contributed by atoms with Crippen molar-refractivity contribution in [1.82, 2.24) is 9.03 Å². The fourth-order valence-electron chi connectivity index (χ4n) is 2.72. The van der Waals surface area contributed by atoms with Crippen LogP contribution >= 0.6 is 0 Å². The molecule has 106 valence electrons. The molecule has 1 unspecified atom stereocenters. The van der Waals surface area contributed by atoms with Gasteiger partial charge in [0.15, 0.2) is 0 Å². The summed E-state index contributed by atoms with van der Waals surface area (Å²) in [6.45, 7) is 4.78. The first-order valence-electron chi connectivity index (χ1n) is 6.70. The topological polar surface area (TPSA) is 49.4 Å². The van der Waals surface area contributed by atoms with Crippen LogP contribution in [0.2, 0.25) is 0 Å². The van der Waals surface area contributed by atoms with E-state index in [1.54, 1.807) is 4.31 Å². The standard InChI is InChI=1S/C14H22N2O2S/c1-11-6-7-12(2)13(9-11)10-14-5-4-8-16(14)19(17,18)15-3/h6-7,9,14-15H,4-5,8,10H2,1-3H3. The molecule has 0 saturated carbocycles. The van der Waals surface area contributed by atoms with Gasteiger partial charge >= 0.3 is 0 Å². The molecule has 1 aromatic carbocycles. The number of nitrogens with zero attached hydrogens (tertiary/aromatic N) is 1. The van der Waals surface area contributed by atoms with E-state index in [2.05, 4.69) is 36.8 Å². The molecular weight excluding hydrogens is 260 g/mol. The lowest BCUT2D eigenvalue weighted by atomic mass is 9.98. The van der Waals surface area contributed by atoms with E-state index < -0.39 is 10.2 Å². The Morgan fingerprint density at radius 1 is 1.37 bits per heavy atom. The number of aryl methyl sites for hydroxylation is 2. The molecule has 0 radical (unpaired) electrons. The zero-order valence-corrected chi connectivity index (χ0v) is 12.6. The summed E-state index contributed by atoms with van der Waals surface area (Å²) in [5.74, 6) is 0. The minimum atomic E-state index is -3.31. The van der Waals surface area contributed by atoms with Crippen molar-refractivity contribution in [3.8, 4) is 0 Å². The van der Waals surface area contributed by atoms with Gasteiger partial charge in [0.2, 0.25) is 0 Å². The summed E-state index contributed by atoms with van der Waals surface area (Å²) in [7, 11) is -1.83. The van der Waals surface area contributed by atoms with Crippen LogP contribution in [0.4, 0.5) is 0 Å². The first-order chi connectivity index (χ1) is 8.94. The molecule has 4 nitrogen and oxygen atoms in total. The molecule has 0 bridgehead atoms. The van der Waals surface area contributed by atoms with Crippen LogP contribution in [-0.2, 0) is 16.6 Å². The van der Waals surface area contributed by atoms with Crippen molar-refractivity contribution in [2.75, 3.05) is 13.6 Å². The maximum atomic E-state index is 12.0. The zero-order chi connectivity index (χ0) is 14.0. The SMILES string of the molecule is CNS(=O)(=O)N1CCCC1Cc1cc(C)ccc1C. The molecule has 1 fully saturated rings. The Morgan fingerprint density at radius 3 is 2.79 bits per heavy atom. The summed E-state index contributed by atoms with van der Waals surface area (Å²) in [4.78, 5) is 0. The van der Waals surface area contributed by atoms with E-state index in [4.69, 9.17) is 0 Å². The highest BCUT2D eigenvalue weighted by atomic mass is 32.2. The third-order valence-corrected chi connectivity index (χ3v) is 5.46. The number of hydrogen-bond donors (Lipinski definition) is 1. The quantitative estimate of drug-likeness (QED) is 0.915. The summed E-state index contributed by atoms with van der Waals surface area (Å²) >= 11 is 0. The molecule has 19 heavy (non-hydrogen) atoms. The van der Waals surface area contributed by atoms with Crippen LogP contribution in [0.3, 0.4) is 0 Å². The lowest BCUT2D eigenvalue weighted by molar-refractivity contribution is 0.381. The second-order valence-corrected chi connectivity index (χ2v) is 7.08. The fourth-order valence-corrected chi connectivity index (χ4v) is 3.90. The summed E-state index contributed by atoms with van der Waals surface area (Å²) in [6.07, 6.45) is 2.68. The molecule has 1 N–H and O–H groups in total. The molecule has 1 atom stereocenters. The Labute approximate surface area is 116 Å². The third-order valence-electron chi connectivity index (χ3n) is 3.85. The molecule has 0 aliphatic carbocycles. The smallest absolute Gasteiger partial charge is 0.205 e. The Balaban J connectivity index is 2.20. The van der Waals surface area contributed by atoms with E-state index in [1.807, 2.05) is 0 Å². The molecule has 1 aliphatic heterocycles. The fraction of sp³-hybridized carbons (Fsp3) is 0.571. The van der Waals surface area contributed by atoms with Gasteiger partial charge in [-0.1, -0.05) is 23.8 Å². The van der Waals surface area contributed by atoms with Crippen LogP contribution in [-0.4, -0.2) is 32.4 Å². The number of nitrogens with one attached hydrogen (secondary N) is 1. The van der Waals surface area contributed by atoms with Crippen LogP contribution in [0.15, 0.2) is 18.2 Å². The maximum Gasteiger partial charge on any atom is 0.279 e. The van der Waals surface area contributed by atoms with Crippen molar-refractivity contribution in [3.05, 3.63) is 34.9 Å². The van der Waals surface area contributed by atoms with E-state index >= 15 is 0 Å². The molecule has 1 heterocycles. The predicted octanol–water partition coefficient (Wildman–Crippen LogP) is 1.77. The third kappa shape index (κ3) is 3.16. The average molecular weight is 282 g/mol. The Hall–Kier alpha value is -0.910. The Kier molecular flexibility index (Phi) is 4.28. The van der Waals surface area contributed by atoms with E-state index in [1.165, 1.54) is 23.7 Å². The lowest BCUT2D eigenvalue weighted by Crippen LogP contribution is -2.42. The van der Waals surface area contributed by atoms with Gasteiger partial charge in [-0.05, 0) is 44.2 Å². The van der Waals surface area contributed by atoms with Gasteiger partial charge in [0.25, 0.3) is 10.2 Å². The highest BCUT2D eigenvalue weighted by molar-refractivity contribution is 7.87. The van der Waals surface area contributed by atoms with Crippen LogP contribution in [0.5, 0.6) is 0 Å². The number of benzene rings is 1. The molecule has 1 aromatic rings. The molecule has 0 amide bonds. The molecule has 2 rings (SSSR count). The molecule has 0 spiro atoms. The second kappa shape index (κ2) is 5.61. The Morgan fingerprint density at radius 2 is 2.11 bits per heavy atom. The van der Waals surface area contributed by atoms with Gasteiger partial charge in [-0.15, -0.1) is 0 Å². The molecule has 1 aliphatic rings. The molecule has 5 heteroatoms. The maximum absolute atomic E-state index is 12.0. The van der Waals surface area contributed by atoms with E-state index in [9.17, 15) is 8.42 Å². The van der Waals surface area contributed by atoms with Crippen molar-refractivity contribution in [1.29, 1.82) is 0 Å². The van der Waals surface area contributed by atoms with Gasteiger partial charge in [0.05, 0.1) is 0 Å². The van der Waals surface area contributed by atoms with E-state index in [0.717, 1.165) is 19.3 Å². The summed E-state index contributed by atoms with van der Waals surface area (Å²) < 4.78 is 28.0. The highest BCUT2D eigenvalue weighted by Crippen LogP contribution is 2.25. The van der Waals surface area contributed by atoms with E-state index in [0.29, 0.717) is 6.54 Å². The van der Waals surface area contributed by atoms with Crippen molar-refractivity contribution in [3.63, 3.8) is 0 Å². The van der Waals surface area contributed by atoms with Crippen molar-refractivity contribution >= 4 is 10.2 Å². The normalized spacial score (nSPS) is 20.9. The van der Waals surface area contributed by atoms with Gasteiger partial charge in [-0.25, -0.2) is 4.72 Å². The predicted molar refractivity (Wildman–Crippen MR) is 77.3 cm³/mol. The first kappa shape index (κ1) is 14.5. The largest absolute Gasteiger partial charge is 0.279 e. The first-order valence-corrected chi connectivity index (χ1v) is 8.14. The van der Waals surface area contributed by atoms with Crippen LogP contribution in [0.25, 0.3) is 0 Å². The van der Waals surface area contributed by atoms with Gasteiger partial charge in [0, 0.05) is 19.6 Å². The van der Waals surface area contributed by atoms with Crippen molar-refractivity contribution in [2.24, 2.45) is 0 Å². The molecule has 1 saturated heterocycles. The van der Waals surface area contributed by atoms with E-state index in [-0.39, 0.29) is 6.04 Å². The monoisotopic (exact) mass is 282 g/mol. The van der Waals surface area contributed by atoms with Gasteiger partial charge in [-0.2, -0.15) is 12.7 Å². The molecular formula is C14H22N2O2S. The van der Waals surface area contributed by atoms with Crippen molar-refractivity contribution in [2.45, 2.75) is 39.2 Å². The second-order valence-electron chi connectivity index (χ2n) is 5.25. The van der Waals surface area contributed by atoms with Gasteiger partial charge in [-0.3, -0.25) is 0 Å². The van der Waals surface area contributed by atoms with Crippen LogP contribution < -0.4 is 4.72 Å². The Bertz CT molecular complexity index is 555. The number of rotatable bonds is 4. The highest BCUT2D eigenvalue weighted by Gasteiger charge is 2.33. The van der Waals surface area contributed by atoms with Crippen LogP contribution in [0, 0.1) is 13.8 Å². The van der Waals surface area contributed by atoms with Gasteiger partial charge < -0.3 is 0 Å². The molecule has 0 aromatic heterocycles. The number of hydrogen-bond acceptors (Lipinski definition) is 2. The summed E-state index contributed by atoms with van der Waals surface area (Å²) in [5, 5.41) is 0. The van der Waals surface area contributed by atoms with Crippen LogP contribution in [0.1, 0.15) is 29.5 Å². The average Bonchev–Trinajstić information content (AvgIpc) is 2.83.